The first kappa shape index (κ1) is 31.1. The second kappa shape index (κ2) is 14.5. The summed E-state index contributed by atoms with van der Waals surface area (Å²) in [6.45, 7) is 0.627. The van der Waals surface area contributed by atoms with Crippen LogP contribution in [0.3, 0.4) is 0 Å². The van der Waals surface area contributed by atoms with Crippen LogP contribution in [0.5, 0.6) is 17.2 Å². The Morgan fingerprint density at radius 3 is 2.04 bits per heavy atom. The number of cyclic esters (lactones) is 1. The van der Waals surface area contributed by atoms with Gasteiger partial charge in [-0.05, 0) is 83.9 Å². The molecule has 0 bridgehead atoms. The number of hydrogen-bond acceptors (Lipinski definition) is 6. The molecule has 0 unspecified atom stereocenters. The number of carbonyl (C=O) groups excluding carboxylic acids is 2. The maximum Gasteiger partial charge on any atom is 0.415 e. The minimum Gasteiger partial charge on any atom is -0.497 e. The van der Waals surface area contributed by atoms with Gasteiger partial charge in [0.15, 0.2) is 5.78 Å². The van der Waals surface area contributed by atoms with Crippen molar-refractivity contribution < 1.29 is 32.9 Å². The second-order valence-electron chi connectivity index (χ2n) is 10.8. The van der Waals surface area contributed by atoms with E-state index in [9.17, 15) is 14.0 Å². The van der Waals surface area contributed by atoms with Crippen molar-refractivity contribution in [1.82, 2.24) is 0 Å². The fraction of sp³-hybridized carbons (Fsp3) is 0.128. The molecule has 0 radical (unpaired) electrons. The van der Waals surface area contributed by atoms with Crippen molar-refractivity contribution in [3.05, 3.63) is 168 Å². The van der Waals surface area contributed by atoms with E-state index in [0.717, 1.165) is 11.1 Å². The van der Waals surface area contributed by atoms with E-state index in [4.69, 9.17) is 18.9 Å². The zero-order valence-electron chi connectivity index (χ0n) is 25.6. The fourth-order valence-corrected chi connectivity index (χ4v) is 5.31. The number of ether oxygens (including phenoxy) is 4. The number of hydrogen-bond donors (Lipinski definition) is 0. The Kier molecular flexibility index (Phi) is 9.58. The molecule has 0 aliphatic carbocycles. The standard InChI is InChI=1S/C39H32FNO6/c1-44-32-18-16-31(17-19-32)41-38(36(47-39(41)43)23-22-35(42)29-12-14-30(40)15-13-29)34-21-20-33(45-25-27-8-4-2-5-9-27)24-37(34)46-26-28-10-6-3-7-11-28/h2-24,36,38H,25-26H2,1H3/b23-22+/t36-,38-/m1/s1. The van der Waals surface area contributed by atoms with E-state index < -0.39 is 24.1 Å². The van der Waals surface area contributed by atoms with Gasteiger partial charge in [-0.25, -0.2) is 9.18 Å². The highest BCUT2D eigenvalue weighted by molar-refractivity contribution is 6.04. The van der Waals surface area contributed by atoms with Crippen molar-refractivity contribution in [2.24, 2.45) is 0 Å². The summed E-state index contributed by atoms with van der Waals surface area (Å²) < 4.78 is 37.2. The molecule has 5 aromatic carbocycles. The summed E-state index contributed by atoms with van der Waals surface area (Å²) in [6, 6.07) is 36.7. The quantitative estimate of drug-likeness (QED) is 0.102. The highest BCUT2D eigenvalue weighted by Gasteiger charge is 2.44. The van der Waals surface area contributed by atoms with Gasteiger partial charge >= 0.3 is 6.09 Å². The molecule has 1 amide bonds. The summed E-state index contributed by atoms with van der Waals surface area (Å²) in [4.78, 5) is 28.1. The molecule has 5 aromatic rings. The van der Waals surface area contributed by atoms with Crippen molar-refractivity contribution in [1.29, 1.82) is 0 Å². The number of carbonyl (C=O) groups is 2. The smallest absolute Gasteiger partial charge is 0.415 e. The van der Waals surface area contributed by atoms with Crippen LogP contribution in [-0.2, 0) is 18.0 Å². The monoisotopic (exact) mass is 629 g/mol. The van der Waals surface area contributed by atoms with Crippen LogP contribution < -0.4 is 19.1 Å². The van der Waals surface area contributed by atoms with Gasteiger partial charge in [-0.15, -0.1) is 0 Å². The first-order valence-electron chi connectivity index (χ1n) is 15.1. The Morgan fingerprint density at radius 2 is 1.40 bits per heavy atom. The van der Waals surface area contributed by atoms with Crippen LogP contribution in [0.25, 0.3) is 0 Å². The summed E-state index contributed by atoms with van der Waals surface area (Å²) in [5, 5.41) is 0. The lowest BCUT2D eigenvalue weighted by atomic mass is 9.97. The molecule has 0 N–H and O–H groups in total. The van der Waals surface area contributed by atoms with Crippen molar-refractivity contribution in [3.63, 3.8) is 0 Å². The van der Waals surface area contributed by atoms with E-state index in [1.165, 1.54) is 35.2 Å². The van der Waals surface area contributed by atoms with Gasteiger partial charge in [0.25, 0.3) is 0 Å². The number of methoxy groups -OCH3 is 1. The molecule has 47 heavy (non-hydrogen) atoms. The van der Waals surface area contributed by atoms with Crippen LogP contribution in [0.1, 0.15) is 33.1 Å². The predicted octanol–water partition coefficient (Wildman–Crippen LogP) is 8.50. The molecule has 0 spiro atoms. The molecular formula is C39H32FNO6. The van der Waals surface area contributed by atoms with E-state index >= 15 is 0 Å². The predicted molar refractivity (Wildman–Crippen MR) is 176 cm³/mol. The van der Waals surface area contributed by atoms with Gasteiger partial charge in [-0.1, -0.05) is 60.7 Å². The summed E-state index contributed by atoms with van der Waals surface area (Å²) in [6.07, 6.45) is 1.43. The summed E-state index contributed by atoms with van der Waals surface area (Å²) in [5.74, 6) is 0.911. The Hall–Kier alpha value is -5.89. The first-order chi connectivity index (χ1) is 23.0. The maximum absolute atomic E-state index is 13.5. The SMILES string of the molecule is COc1ccc(N2C(=O)O[C@H](/C=C/C(=O)c3ccc(F)cc3)[C@H]2c2ccc(OCc3ccccc3)cc2OCc2ccccc2)cc1. The van der Waals surface area contributed by atoms with Gasteiger partial charge in [0, 0.05) is 22.9 Å². The molecule has 1 heterocycles. The van der Waals surface area contributed by atoms with Crippen molar-refractivity contribution in [2.45, 2.75) is 25.4 Å². The fourth-order valence-electron chi connectivity index (χ4n) is 5.31. The topological polar surface area (TPSA) is 74.3 Å². The number of amides is 1. The molecule has 1 aliphatic rings. The number of rotatable bonds is 12. The minimum absolute atomic E-state index is 0.267. The third kappa shape index (κ3) is 7.50. The number of allylic oxidation sites excluding steroid dienone is 1. The minimum atomic E-state index is -0.871. The van der Waals surface area contributed by atoms with E-state index in [1.807, 2.05) is 72.8 Å². The number of ketones is 1. The molecular weight excluding hydrogens is 597 g/mol. The zero-order chi connectivity index (χ0) is 32.6. The van der Waals surface area contributed by atoms with E-state index in [1.54, 1.807) is 43.5 Å². The molecule has 1 fully saturated rings. The van der Waals surface area contributed by atoms with Gasteiger partial charge in [0.05, 0.1) is 7.11 Å². The van der Waals surface area contributed by atoms with Gasteiger partial charge in [-0.3, -0.25) is 9.69 Å². The molecule has 8 heteroatoms. The Morgan fingerprint density at radius 1 is 0.787 bits per heavy atom. The van der Waals surface area contributed by atoms with E-state index in [-0.39, 0.29) is 12.4 Å². The van der Waals surface area contributed by atoms with Crippen molar-refractivity contribution >= 4 is 17.6 Å². The van der Waals surface area contributed by atoms with Gasteiger partial charge in [0.2, 0.25) is 0 Å². The van der Waals surface area contributed by atoms with Crippen LogP contribution in [0.4, 0.5) is 14.9 Å². The van der Waals surface area contributed by atoms with Crippen LogP contribution in [0.15, 0.2) is 140 Å². The number of nitrogens with zero attached hydrogens (tertiary/aromatic N) is 1. The molecule has 1 aliphatic heterocycles. The highest BCUT2D eigenvalue weighted by Crippen LogP contribution is 2.43. The van der Waals surface area contributed by atoms with Gasteiger partial charge in [0.1, 0.15) is 48.4 Å². The molecule has 6 rings (SSSR count). The highest BCUT2D eigenvalue weighted by atomic mass is 19.1. The van der Waals surface area contributed by atoms with Crippen LogP contribution >= 0.6 is 0 Å². The largest absolute Gasteiger partial charge is 0.497 e. The van der Waals surface area contributed by atoms with Crippen molar-refractivity contribution in [3.8, 4) is 17.2 Å². The summed E-state index contributed by atoms with van der Waals surface area (Å²) in [7, 11) is 1.57. The van der Waals surface area contributed by atoms with E-state index in [2.05, 4.69) is 0 Å². The molecule has 0 saturated carbocycles. The first-order valence-corrected chi connectivity index (χ1v) is 15.1. The lowest BCUT2D eigenvalue weighted by molar-refractivity contribution is 0.104. The van der Waals surface area contributed by atoms with E-state index in [0.29, 0.717) is 40.7 Å². The third-order valence-corrected chi connectivity index (χ3v) is 7.73. The second-order valence-corrected chi connectivity index (χ2v) is 10.8. The lowest BCUT2D eigenvalue weighted by Crippen LogP contribution is -2.29. The zero-order valence-corrected chi connectivity index (χ0v) is 25.6. The Balaban J connectivity index is 1.38. The van der Waals surface area contributed by atoms with Crippen LogP contribution in [0, 0.1) is 5.82 Å². The molecule has 236 valence electrons. The molecule has 0 aromatic heterocycles. The van der Waals surface area contributed by atoms with Crippen molar-refractivity contribution in [2.75, 3.05) is 12.0 Å². The average molecular weight is 630 g/mol. The van der Waals surface area contributed by atoms with Gasteiger partial charge < -0.3 is 18.9 Å². The van der Waals surface area contributed by atoms with Crippen LogP contribution in [0.2, 0.25) is 0 Å². The van der Waals surface area contributed by atoms with Crippen LogP contribution in [-0.4, -0.2) is 25.1 Å². The number of halogens is 1. The molecule has 7 nitrogen and oxygen atoms in total. The summed E-state index contributed by atoms with van der Waals surface area (Å²) in [5.41, 5.74) is 3.50. The Labute approximate surface area is 272 Å². The normalized spacial score (nSPS) is 15.8. The number of anilines is 1. The molecule has 1 saturated heterocycles. The number of benzene rings is 5. The summed E-state index contributed by atoms with van der Waals surface area (Å²) >= 11 is 0. The lowest BCUT2D eigenvalue weighted by Gasteiger charge is -2.26. The Bertz CT molecular complexity index is 1840. The molecule has 2 atom stereocenters. The van der Waals surface area contributed by atoms with Gasteiger partial charge in [-0.2, -0.15) is 0 Å². The average Bonchev–Trinajstić information content (AvgIpc) is 3.45. The maximum atomic E-state index is 13.5. The third-order valence-electron chi connectivity index (χ3n) is 7.73.